The largest absolute Gasteiger partial charge is 0.497 e. The van der Waals surface area contributed by atoms with Crippen molar-refractivity contribution in [2.75, 3.05) is 19.4 Å². The molecule has 2 heterocycles. The van der Waals surface area contributed by atoms with Crippen molar-refractivity contribution in [3.63, 3.8) is 0 Å². The summed E-state index contributed by atoms with van der Waals surface area (Å²) in [6, 6.07) is 15.6. The van der Waals surface area contributed by atoms with Gasteiger partial charge in [0.05, 0.1) is 12.9 Å². The van der Waals surface area contributed by atoms with Crippen molar-refractivity contribution in [3.8, 4) is 5.75 Å². The summed E-state index contributed by atoms with van der Waals surface area (Å²) in [6.45, 7) is 0.938. The predicted molar refractivity (Wildman–Crippen MR) is 103 cm³/mol. The number of fused-ring (bicyclic) bond motifs is 3. The molecule has 0 saturated heterocycles. The molecule has 1 N–H and O–H groups in total. The summed E-state index contributed by atoms with van der Waals surface area (Å²) in [7, 11) is -1.66. The van der Waals surface area contributed by atoms with Crippen LogP contribution in [0, 0.1) is 0 Å². The summed E-state index contributed by atoms with van der Waals surface area (Å²) < 4.78 is 32.6. The van der Waals surface area contributed by atoms with Gasteiger partial charge in [0.15, 0.2) is 0 Å². The summed E-state index contributed by atoms with van der Waals surface area (Å²) in [6.07, 6.45) is 1.24. The fourth-order valence-corrected chi connectivity index (χ4v) is 5.00. The molecule has 0 atom stereocenters. The molecule has 6 heteroatoms. The number of sulfonamides is 1. The number of nitrogens with zero attached hydrogens (tertiary/aromatic N) is 1. The Morgan fingerprint density at radius 1 is 1.15 bits per heavy atom. The number of aryl methyl sites for hydroxylation is 1. The highest BCUT2D eigenvalue weighted by molar-refractivity contribution is 7.89. The molecule has 1 aliphatic heterocycles. The van der Waals surface area contributed by atoms with Crippen molar-refractivity contribution in [3.05, 3.63) is 65.4 Å². The molecule has 0 fully saturated rings. The number of hydrogen-bond donors (Lipinski definition) is 1. The van der Waals surface area contributed by atoms with Gasteiger partial charge < -0.3 is 9.72 Å². The standard InChI is InChI=1S/C20H22N2O3S/c1-25-16-7-8-19-17(13-16)18-14-22(11-9-20(18)21-19)26(23,24)12-10-15-5-3-2-4-6-15/h2-8,13,21H,9-12,14H2,1H3. The number of ether oxygens (including phenoxy) is 1. The van der Waals surface area contributed by atoms with Gasteiger partial charge in [0.25, 0.3) is 0 Å². The fourth-order valence-electron chi connectivity index (χ4n) is 3.55. The van der Waals surface area contributed by atoms with E-state index in [1.54, 1.807) is 11.4 Å². The maximum absolute atomic E-state index is 12.8. The summed E-state index contributed by atoms with van der Waals surface area (Å²) >= 11 is 0. The summed E-state index contributed by atoms with van der Waals surface area (Å²) in [5, 5.41) is 1.04. The normalized spacial score (nSPS) is 15.1. The SMILES string of the molecule is COc1ccc2[nH]c3c(c2c1)CN(S(=O)(=O)CCc1ccccc1)CC3. The highest BCUT2D eigenvalue weighted by Crippen LogP contribution is 2.31. The van der Waals surface area contributed by atoms with Gasteiger partial charge in [0.2, 0.25) is 10.0 Å². The molecule has 136 valence electrons. The quantitative estimate of drug-likeness (QED) is 0.751. The molecule has 3 aromatic rings. The molecule has 1 aromatic heterocycles. The van der Waals surface area contributed by atoms with Crippen molar-refractivity contribution in [1.82, 2.24) is 9.29 Å². The van der Waals surface area contributed by atoms with Crippen LogP contribution >= 0.6 is 0 Å². The second kappa shape index (κ2) is 6.78. The number of aromatic nitrogens is 1. The van der Waals surface area contributed by atoms with Crippen LogP contribution in [0.15, 0.2) is 48.5 Å². The number of hydrogen-bond acceptors (Lipinski definition) is 3. The van der Waals surface area contributed by atoms with E-state index in [-0.39, 0.29) is 5.75 Å². The Bertz CT molecular complexity index is 1030. The van der Waals surface area contributed by atoms with E-state index >= 15 is 0 Å². The van der Waals surface area contributed by atoms with Crippen molar-refractivity contribution in [2.45, 2.75) is 19.4 Å². The van der Waals surface area contributed by atoms with Crippen molar-refractivity contribution < 1.29 is 13.2 Å². The molecule has 5 nitrogen and oxygen atoms in total. The number of benzene rings is 2. The third-order valence-corrected chi connectivity index (χ3v) is 6.85. The van der Waals surface area contributed by atoms with E-state index in [1.807, 2.05) is 48.5 Å². The summed E-state index contributed by atoms with van der Waals surface area (Å²) in [5.41, 5.74) is 4.26. The first-order chi connectivity index (χ1) is 12.6. The van der Waals surface area contributed by atoms with E-state index in [4.69, 9.17) is 4.74 Å². The van der Waals surface area contributed by atoms with E-state index < -0.39 is 10.0 Å². The second-order valence-corrected chi connectivity index (χ2v) is 8.72. The molecule has 4 rings (SSSR count). The minimum Gasteiger partial charge on any atom is -0.497 e. The number of rotatable bonds is 5. The molecule has 2 aromatic carbocycles. The summed E-state index contributed by atoms with van der Waals surface area (Å²) in [5.74, 6) is 0.918. The van der Waals surface area contributed by atoms with E-state index in [0.29, 0.717) is 25.9 Å². The van der Waals surface area contributed by atoms with Gasteiger partial charge in [-0.2, -0.15) is 4.31 Å². The average Bonchev–Trinajstić information content (AvgIpc) is 3.04. The van der Waals surface area contributed by atoms with Crippen LogP contribution in [0.5, 0.6) is 5.75 Å². The van der Waals surface area contributed by atoms with Gasteiger partial charge in [0.1, 0.15) is 5.75 Å². The minimum atomic E-state index is -3.30. The smallest absolute Gasteiger partial charge is 0.214 e. The molecular weight excluding hydrogens is 348 g/mol. The van der Waals surface area contributed by atoms with Gasteiger partial charge in [-0.05, 0) is 35.7 Å². The molecule has 0 spiro atoms. The third kappa shape index (κ3) is 3.22. The van der Waals surface area contributed by atoms with Crippen LogP contribution in [-0.4, -0.2) is 37.1 Å². The number of H-pyrrole nitrogens is 1. The van der Waals surface area contributed by atoms with Gasteiger partial charge in [-0.15, -0.1) is 0 Å². The number of nitrogens with one attached hydrogen (secondary N) is 1. The highest BCUT2D eigenvalue weighted by Gasteiger charge is 2.28. The van der Waals surface area contributed by atoms with Gasteiger partial charge in [-0.25, -0.2) is 8.42 Å². The van der Waals surface area contributed by atoms with Crippen LogP contribution in [0.3, 0.4) is 0 Å². The van der Waals surface area contributed by atoms with Gasteiger partial charge >= 0.3 is 0 Å². The van der Waals surface area contributed by atoms with Crippen LogP contribution in [0.1, 0.15) is 16.8 Å². The van der Waals surface area contributed by atoms with Crippen molar-refractivity contribution in [1.29, 1.82) is 0 Å². The van der Waals surface area contributed by atoms with E-state index in [2.05, 4.69) is 4.98 Å². The lowest BCUT2D eigenvalue weighted by molar-refractivity contribution is 0.391. The molecule has 0 unspecified atom stereocenters. The topological polar surface area (TPSA) is 62.4 Å². The zero-order chi connectivity index (χ0) is 18.1. The zero-order valence-corrected chi connectivity index (χ0v) is 15.6. The van der Waals surface area contributed by atoms with E-state index in [1.165, 1.54) is 0 Å². The van der Waals surface area contributed by atoms with Crippen LogP contribution < -0.4 is 4.74 Å². The van der Waals surface area contributed by atoms with Crippen LogP contribution in [-0.2, 0) is 29.4 Å². The molecular formula is C20H22N2O3S. The van der Waals surface area contributed by atoms with Gasteiger partial charge in [0, 0.05) is 36.1 Å². The van der Waals surface area contributed by atoms with Gasteiger partial charge in [-0.3, -0.25) is 0 Å². The van der Waals surface area contributed by atoms with Crippen molar-refractivity contribution in [2.24, 2.45) is 0 Å². The van der Waals surface area contributed by atoms with E-state index in [0.717, 1.165) is 33.5 Å². The molecule has 0 amide bonds. The Hall–Kier alpha value is -2.31. The maximum Gasteiger partial charge on any atom is 0.214 e. The Labute approximate surface area is 153 Å². The first kappa shape index (κ1) is 17.1. The first-order valence-corrected chi connectivity index (χ1v) is 10.4. The van der Waals surface area contributed by atoms with Crippen LogP contribution in [0.2, 0.25) is 0 Å². The molecule has 1 aliphatic rings. The third-order valence-electron chi connectivity index (χ3n) is 5.03. The van der Waals surface area contributed by atoms with E-state index in [9.17, 15) is 8.42 Å². The Balaban J connectivity index is 1.57. The summed E-state index contributed by atoms with van der Waals surface area (Å²) in [4.78, 5) is 3.42. The number of methoxy groups -OCH3 is 1. The molecule has 0 saturated carbocycles. The first-order valence-electron chi connectivity index (χ1n) is 8.76. The Kier molecular flexibility index (Phi) is 4.46. The predicted octanol–water partition coefficient (Wildman–Crippen LogP) is 3.11. The molecule has 0 radical (unpaired) electrons. The molecule has 0 bridgehead atoms. The maximum atomic E-state index is 12.8. The lowest BCUT2D eigenvalue weighted by atomic mass is 10.1. The molecule has 26 heavy (non-hydrogen) atoms. The highest BCUT2D eigenvalue weighted by atomic mass is 32.2. The monoisotopic (exact) mass is 370 g/mol. The van der Waals surface area contributed by atoms with Crippen LogP contribution in [0.25, 0.3) is 10.9 Å². The van der Waals surface area contributed by atoms with Gasteiger partial charge in [-0.1, -0.05) is 30.3 Å². The second-order valence-electron chi connectivity index (χ2n) is 6.63. The lowest BCUT2D eigenvalue weighted by Gasteiger charge is -2.26. The Morgan fingerprint density at radius 2 is 1.96 bits per heavy atom. The number of aromatic amines is 1. The average molecular weight is 370 g/mol. The minimum absolute atomic E-state index is 0.137. The van der Waals surface area contributed by atoms with Crippen molar-refractivity contribution >= 4 is 20.9 Å². The fraction of sp³-hybridized carbons (Fsp3) is 0.300. The Morgan fingerprint density at radius 3 is 2.73 bits per heavy atom. The zero-order valence-electron chi connectivity index (χ0n) is 14.7. The lowest BCUT2D eigenvalue weighted by Crippen LogP contribution is -2.37. The van der Waals surface area contributed by atoms with Crippen LogP contribution in [0.4, 0.5) is 0 Å². The molecule has 0 aliphatic carbocycles.